The lowest BCUT2D eigenvalue weighted by Gasteiger charge is -2.17. The van der Waals surface area contributed by atoms with Crippen molar-refractivity contribution in [3.05, 3.63) is 36.2 Å². The van der Waals surface area contributed by atoms with Gasteiger partial charge in [-0.05, 0) is 24.5 Å². The molecule has 2 aromatic rings. The number of anilines is 2. The zero-order chi connectivity index (χ0) is 17.1. The first kappa shape index (κ1) is 16.5. The predicted molar refractivity (Wildman–Crippen MR) is 94.9 cm³/mol. The topological polar surface area (TPSA) is 63.1 Å². The second kappa shape index (κ2) is 7.03. The number of carbonyl (C=O) groups is 1. The van der Waals surface area contributed by atoms with Crippen LogP contribution in [0.5, 0.6) is 0 Å². The Morgan fingerprint density at radius 3 is 2.92 bits per heavy atom. The van der Waals surface area contributed by atoms with Crippen LogP contribution < -0.4 is 10.2 Å². The Morgan fingerprint density at radius 2 is 2.21 bits per heavy atom. The van der Waals surface area contributed by atoms with Crippen molar-refractivity contribution in [3.8, 4) is 0 Å². The van der Waals surface area contributed by atoms with E-state index in [1.54, 1.807) is 10.9 Å². The van der Waals surface area contributed by atoms with E-state index >= 15 is 0 Å². The Balaban J connectivity index is 1.67. The van der Waals surface area contributed by atoms with E-state index in [0.29, 0.717) is 6.54 Å². The Kier molecular flexibility index (Phi) is 4.83. The number of hydrogen-bond acceptors (Lipinski definition) is 4. The minimum atomic E-state index is -0.0449. The standard InChI is InChI=1S/C18H25N5O/c1-4-7-14-10-17(22(3)21-14)20-18(24)15-12-23(11-13(15)2)16-8-5-6-9-19-16/h5-6,8-10,13,15H,4,7,11-12H2,1-3H3,(H,20,24)/t13-,15-/m1/s1. The summed E-state index contributed by atoms with van der Waals surface area (Å²) in [7, 11) is 1.87. The van der Waals surface area contributed by atoms with E-state index < -0.39 is 0 Å². The van der Waals surface area contributed by atoms with Crippen LogP contribution in [0.15, 0.2) is 30.5 Å². The average Bonchev–Trinajstić information content (AvgIpc) is 3.12. The third kappa shape index (κ3) is 3.42. The quantitative estimate of drug-likeness (QED) is 0.916. The molecule has 2 atom stereocenters. The van der Waals surface area contributed by atoms with Crippen LogP contribution in [0.2, 0.25) is 0 Å². The Bertz CT molecular complexity index is 697. The van der Waals surface area contributed by atoms with Crippen molar-refractivity contribution in [2.75, 3.05) is 23.3 Å². The van der Waals surface area contributed by atoms with Crippen molar-refractivity contribution in [3.63, 3.8) is 0 Å². The maximum Gasteiger partial charge on any atom is 0.230 e. The molecule has 24 heavy (non-hydrogen) atoms. The zero-order valence-corrected chi connectivity index (χ0v) is 14.6. The highest BCUT2D eigenvalue weighted by Gasteiger charge is 2.35. The summed E-state index contributed by atoms with van der Waals surface area (Å²) in [6, 6.07) is 7.84. The third-order valence-electron chi connectivity index (χ3n) is 4.61. The van der Waals surface area contributed by atoms with Crippen LogP contribution >= 0.6 is 0 Å². The van der Waals surface area contributed by atoms with E-state index in [9.17, 15) is 4.79 Å². The predicted octanol–water partition coefficient (Wildman–Crippen LogP) is 2.48. The number of aromatic nitrogens is 3. The Labute approximate surface area is 142 Å². The number of nitrogens with one attached hydrogen (secondary N) is 1. The summed E-state index contributed by atoms with van der Waals surface area (Å²) >= 11 is 0. The fraction of sp³-hybridized carbons (Fsp3) is 0.500. The van der Waals surface area contributed by atoms with Gasteiger partial charge in [0.2, 0.25) is 5.91 Å². The van der Waals surface area contributed by atoms with Crippen molar-refractivity contribution in [2.45, 2.75) is 26.7 Å². The smallest absolute Gasteiger partial charge is 0.230 e. The van der Waals surface area contributed by atoms with Crippen LogP contribution in [0.3, 0.4) is 0 Å². The molecule has 1 aliphatic heterocycles. The number of carbonyl (C=O) groups excluding carboxylic acids is 1. The third-order valence-corrected chi connectivity index (χ3v) is 4.61. The summed E-state index contributed by atoms with van der Waals surface area (Å²) in [5, 5.41) is 7.49. The van der Waals surface area contributed by atoms with Crippen molar-refractivity contribution < 1.29 is 4.79 Å². The van der Waals surface area contributed by atoms with E-state index in [0.717, 1.165) is 36.7 Å². The van der Waals surface area contributed by atoms with Gasteiger partial charge in [-0.1, -0.05) is 26.3 Å². The number of rotatable bonds is 5. The molecule has 0 bridgehead atoms. The molecule has 0 radical (unpaired) electrons. The minimum absolute atomic E-state index is 0.0449. The Morgan fingerprint density at radius 1 is 1.38 bits per heavy atom. The van der Waals surface area contributed by atoms with E-state index in [-0.39, 0.29) is 17.7 Å². The summed E-state index contributed by atoms with van der Waals surface area (Å²) in [5.41, 5.74) is 1.02. The number of pyridine rings is 1. The maximum absolute atomic E-state index is 12.7. The van der Waals surface area contributed by atoms with E-state index in [4.69, 9.17) is 0 Å². The van der Waals surface area contributed by atoms with Gasteiger partial charge in [0, 0.05) is 32.4 Å². The summed E-state index contributed by atoms with van der Waals surface area (Å²) in [5.74, 6) is 2.01. The second-order valence-electron chi connectivity index (χ2n) is 6.56. The van der Waals surface area contributed by atoms with Gasteiger partial charge in [0.25, 0.3) is 0 Å². The molecule has 3 heterocycles. The SMILES string of the molecule is CCCc1cc(NC(=O)[C@@H]2CN(c3ccccn3)C[C@H]2C)n(C)n1. The highest BCUT2D eigenvalue weighted by atomic mass is 16.2. The highest BCUT2D eigenvalue weighted by molar-refractivity contribution is 5.92. The van der Waals surface area contributed by atoms with Crippen molar-refractivity contribution in [2.24, 2.45) is 18.9 Å². The first-order chi connectivity index (χ1) is 11.6. The lowest BCUT2D eigenvalue weighted by atomic mass is 9.97. The maximum atomic E-state index is 12.7. The molecular weight excluding hydrogens is 302 g/mol. The van der Waals surface area contributed by atoms with Gasteiger partial charge in [0.05, 0.1) is 11.6 Å². The van der Waals surface area contributed by atoms with E-state index in [1.807, 2.05) is 31.3 Å². The molecular formula is C18H25N5O. The molecule has 0 aromatic carbocycles. The summed E-state index contributed by atoms with van der Waals surface area (Å²) < 4.78 is 1.75. The van der Waals surface area contributed by atoms with Gasteiger partial charge < -0.3 is 10.2 Å². The number of nitrogens with zero attached hydrogens (tertiary/aromatic N) is 4. The molecule has 0 saturated carbocycles. The van der Waals surface area contributed by atoms with Crippen LogP contribution in [-0.4, -0.2) is 33.8 Å². The lowest BCUT2D eigenvalue weighted by molar-refractivity contribution is -0.120. The minimum Gasteiger partial charge on any atom is -0.356 e. The van der Waals surface area contributed by atoms with Crippen LogP contribution in [0, 0.1) is 11.8 Å². The zero-order valence-electron chi connectivity index (χ0n) is 14.6. The van der Waals surface area contributed by atoms with Crippen LogP contribution in [0.25, 0.3) is 0 Å². The normalized spacial score (nSPS) is 20.4. The molecule has 3 rings (SSSR count). The summed E-state index contributed by atoms with van der Waals surface area (Å²) in [4.78, 5) is 19.3. The Hall–Kier alpha value is -2.37. The van der Waals surface area contributed by atoms with Gasteiger partial charge in [0.1, 0.15) is 11.6 Å². The van der Waals surface area contributed by atoms with Crippen molar-refractivity contribution in [1.29, 1.82) is 0 Å². The van der Waals surface area contributed by atoms with Gasteiger partial charge in [0.15, 0.2) is 0 Å². The summed E-state index contributed by atoms with van der Waals surface area (Å²) in [6.45, 7) is 5.80. The van der Waals surface area contributed by atoms with Gasteiger partial charge in [-0.15, -0.1) is 0 Å². The van der Waals surface area contributed by atoms with E-state index in [1.165, 1.54) is 0 Å². The van der Waals surface area contributed by atoms with Crippen molar-refractivity contribution in [1.82, 2.24) is 14.8 Å². The summed E-state index contributed by atoms with van der Waals surface area (Å²) in [6.07, 6.45) is 3.76. The molecule has 1 aliphatic rings. The first-order valence-corrected chi connectivity index (χ1v) is 8.58. The molecule has 0 spiro atoms. The number of hydrogen-bond donors (Lipinski definition) is 1. The van der Waals surface area contributed by atoms with Crippen LogP contribution in [0.1, 0.15) is 26.0 Å². The second-order valence-corrected chi connectivity index (χ2v) is 6.56. The molecule has 2 aromatic heterocycles. The molecule has 1 N–H and O–H groups in total. The van der Waals surface area contributed by atoms with Gasteiger partial charge in [-0.25, -0.2) is 4.98 Å². The fourth-order valence-electron chi connectivity index (χ4n) is 3.28. The molecule has 6 heteroatoms. The van der Waals surface area contributed by atoms with Gasteiger partial charge >= 0.3 is 0 Å². The monoisotopic (exact) mass is 327 g/mol. The van der Waals surface area contributed by atoms with Crippen LogP contribution in [-0.2, 0) is 18.3 Å². The highest BCUT2D eigenvalue weighted by Crippen LogP contribution is 2.28. The lowest BCUT2D eigenvalue weighted by Crippen LogP contribution is -2.29. The van der Waals surface area contributed by atoms with E-state index in [2.05, 4.69) is 34.1 Å². The number of aryl methyl sites for hydroxylation is 2. The van der Waals surface area contributed by atoms with Gasteiger partial charge in [-0.3, -0.25) is 9.48 Å². The average molecular weight is 327 g/mol. The molecule has 128 valence electrons. The molecule has 1 amide bonds. The molecule has 1 saturated heterocycles. The van der Waals surface area contributed by atoms with Crippen molar-refractivity contribution >= 4 is 17.5 Å². The number of amides is 1. The first-order valence-electron chi connectivity index (χ1n) is 8.58. The fourth-order valence-corrected chi connectivity index (χ4v) is 3.28. The molecule has 6 nitrogen and oxygen atoms in total. The molecule has 0 unspecified atom stereocenters. The largest absolute Gasteiger partial charge is 0.356 e. The molecule has 1 fully saturated rings. The van der Waals surface area contributed by atoms with Crippen LogP contribution in [0.4, 0.5) is 11.6 Å². The molecule has 0 aliphatic carbocycles. The van der Waals surface area contributed by atoms with Gasteiger partial charge in [-0.2, -0.15) is 5.10 Å².